The lowest BCUT2D eigenvalue weighted by Gasteiger charge is -2.26. The Hall–Kier alpha value is -5.22. The number of rotatable bonds is 18. The van der Waals surface area contributed by atoms with E-state index in [2.05, 4.69) is 15.6 Å². The average molecular weight is 771 g/mol. The standard InChI is InChI=1S/C36H43N4O13P/c1-22(2)48-30(41)17-16-26-14-10-11-15-27(26)53-54(45,39-24(5)32(42)49-23(3)4)47-21-28-31-36(6,52-35(44)51-31)33(50-28)40-19-18-29(37-34(40)43)38-46-20-25-12-8-7-9-13-25/h7-15,18-19,22-24,33H,16-17,20-21H2,1-6H3,(H,39,45)(H,37,38,43)/t24-,33+,36?,54?/m0/s1. The van der Waals surface area contributed by atoms with Gasteiger partial charge in [-0.25, -0.2) is 19.6 Å². The van der Waals surface area contributed by atoms with Crippen LogP contribution in [0, 0.1) is 0 Å². The van der Waals surface area contributed by atoms with Gasteiger partial charge in [-0.3, -0.25) is 23.5 Å². The maximum Gasteiger partial charge on any atom is 0.515 e. The van der Waals surface area contributed by atoms with Crippen molar-refractivity contribution in [3.8, 4) is 5.75 Å². The lowest BCUT2D eigenvalue weighted by molar-refractivity contribution is -0.149. The SMILES string of the molecule is CC(C)OC(=O)CCc1ccccc1OP(=O)(N[C@@H](C)C(=O)OC(C)C)OCC1=C2OC(=O)OC2(C)[C@H](n2ccc(NOCc3ccccc3)nc2=O)O1. The monoisotopic (exact) mass is 770 g/mol. The maximum atomic E-state index is 14.5. The minimum Gasteiger partial charge on any atom is -0.463 e. The zero-order valence-corrected chi connectivity index (χ0v) is 31.5. The molecule has 1 aromatic heterocycles. The van der Waals surface area contributed by atoms with Gasteiger partial charge < -0.3 is 28.2 Å². The molecule has 0 amide bonds. The highest BCUT2D eigenvalue weighted by Crippen LogP contribution is 2.51. The summed E-state index contributed by atoms with van der Waals surface area (Å²) in [6, 6.07) is 16.2. The molecule has 2 aliphatic rings. The first-order chi connectivity index (χ1) is 25.7. The third kappa shape index (κ3) is 10.0. The molecule has 4 atom stereocenters. The highest BCUT2D eigenvalue weighted by atomic mass is 31.2. The van der Waals surface area contributed by atoms with E-state index in [1.807, 2.05) is 30.3 Å². The van der Waals surface area contributed by atoms with E-state index in [-0.39, 0.29) is 48.6 Å². The van der Waals surface area contributed by atoms with Gasteiger partial charge in [-0.1, -0.05) is 48.5 Å². The van der Waals surface area contributed by atoms with E-state index in [9.17, 15) is 23.7 Å². The Morgan fingerprint density at radius 3 is 2.37 bits per heavy atom. The second kappa shape index (κ2) is 17.3. The quantitative estimate of drug-likeness (QED) is 0.0713. The number of nitrogens with one attached hydrogen (secondary N) is 2. The summed E-state index contributed by atoms with van der Waals surface area (Å²) in [7, 11) is -4.52. The molecule has 2 aromatic carbocycles. The molecule has 54 heavy (non-hydrogen) atoms. The highest BCUT2D eigenvalue weighted by Gasteiger charge is 2.59. The Balaban J connectivity index is 1.35. The zero-order valence-electron chi connectivity index (χ0n) is 30.6. The van der Waals surface area contributed by atoms with Gasteiger partial charge in [0.1, 0.15) is 18.4 Å². The second-order valence-electron chi connectivity index (χ2n) is 13.0. The van der Waals surface area contributed by atoms with Crippen LogP contribution in [0.25, 0.3) is 0 Å². The minimum atomic E-state index is -4.52. The molecular weight excluding hydrogens is 727 g/mol. The van der Waals surface area contributed by atoms with Crippen molar-refractivity contribution in [2.45, 2.75) is 91.1 Å². The van der Waals surface area contributed by atoms with Crippen molar-refractivity contribution in [2.75, 3.05) is 12.1 Å². The van der Waals surface area contributed by atoms with Crippen LogP contribution in [0.1, 0.15) is 65.3 Å². The van der Waals surface area contributed by atoms with Crippen molar-refractivity contribution >= 4 is 31.7 Å². The van der Waals surface area contributed by atoms with Crippen LogP contribution in [0.3, 0.4) is 0 Å². The van der Waals surface area contributed by atoms with Crippen LogP contribution in [0.4, 0.5) is 10.6 Å². The fourth-order valence-corrected chi connectivity index (χ4v) is 6.89. The first-order valence-corrected chi connectivity index (χ1v) is 18.7. The predicted octanol–water partition coefficient (Wildman–Crippen LogP) is 5.47. The summed E-state index contributed by atoms with van der Waals surface area (Å²) in [5.41, 5.74) is 1.57. The van der Waals surface area contributed by atoms with Crippen LogP contribution < -0.4 is 20.8 Å². The van der Waals surface area contributed by atoms with Crippen molar-refractivity contribution in [1.29, 1.82) is 0 Å². The first kappa shape index (κ1) is 40.0. The fraction of sp³-hybridized carbons (Fsp3) is 0.417. The number of hydrogen-bond acceptors (Lipinski definition) is 15. The van der Waals surface area contributed by atoms with Crippen LogP contribution in [-0.2, 0) is 60.2 Å². The van der Waals surface area contributed by atoms with Gasteiger partial charge in [0, 0.05) is 12.6 Å². The Morgan fingerprint density at radius 1 is 0.963 bits per heavy atom. The summed E-state index contributed by atoms with van der Waals surface area (Å²) in [6.07, 6.45) is -1.62. The molecule has 0 aliphatic carbocycles. The Bertz CT molecular complexity index is 1970. The van der Waals surface area contributed by atoms with Crippen LogP contribution >= 0.6 is 7.75 Å². The molecule has 5 rings (SSSR count). The topological polar surface area (TPSA) is 201 Å². The van der Waals surface area contributed by atoms with E-state index in [1.165, 1.54) is 32.2 Å². The number of benzene rings is 2. The van der Waals surface area contributed by atoms with Crippen molar-refractivity contribution in [1.82, 2.24) is 14.6 Å². The van der Waals surface area contributed by atoms with Gasteiger partial charge in [0.2, 0.25) is 17.6 Å². The molecule has 18 heteroatoms. The Kier molecular flexibility index (Phi) is 12.8. The largest absolute Gasteiger partial charge is 0.515 e. The van der Waals surface area contributed by atoms with Crippen LogP contribution in [-0.4, -0.2) is 58.1 Å². The number of para-hydroxylation sites is 1. The lowest BCUT2D eigenvalue weighted by atomic mass is 10.0. The van der Waals surface area contributed by atoms with Crippen molar-refractivity contribution in [2.24, 2.45) is 0 Å². The number of carbonyl (C=O) groups is 3. The maximum absolute atomic E-state index is 14.5. The lowest BCUT2D eigenvalue weighted by Crippen LogP contribution is -2.40. The Morgan fingerprint density at radius 2 is 1.67 bits per heavy atom. The van der Waals surface area contributed by atoms with E-state index in [4.69, 9.17) is 37.6 Å². The number of fused-ring (bicyclic) bond motifs is 1. The summed E-state index contributed by atoms with van der Waals surface area (Å²) < 4.78 is 54.7. The number of nitrogens with zero attached hydrogens (tertiary/aromatic N) is 2. The highest BCUT2D eigenvalue weighted by molar-refractivity contribution is 7.52. The van der Waals surface area contributed by atoms with Gasteiger partial charge in [0.05, 0.1) is 18.8 Å². The molecule has 3 aromatic rings. The molecule has 3 heterocycles. The molecule has 2 N–H and O–H groups in total. The summed E-state index contributed by atoms with van der Waals surface area (Å²) in [5, 5.41) is 2.60. The number of aryl methyl sites for hydroxylation is 1. The van der Waals surface area contributed by atoms with Crippen molar-refractivity contribution < 1.29 is 56.5 Å². The molecule has 17 nitrogen and oxygen atoms in total. The molecule has 2 aliphatic heterocycles. The number of aromatic nitrogens is 2. The van der Waals surface area contributed by atoms with Gasteiger partial charge in [-0.15, -0.1) is 0 Å². The molecule has 0 bridgehead atoms. The van der Waals surface area contributed by atoms with E-state index >= 15 is 0 Å². The summed E-state index contributed by atoms with van der Waals surface area (Å²) in [5.74, 6) is -1.25. The molecule has 290 valence electrons. The zero-order chi connectivity index (χ0) is 39.0. The van der Waals surface area contributed by atoms with Crippen LogP contribution in [0.2, 0.25) is 0 Å². The van der Waals surface area contributed by atoms with Gasteiger partial charge >= 0.3 is 31.5 Å². The minimum absolute atomic E-state index is 0.00959. The number of esters is 2. The van der Waals surface area contributed by atoms with Crippen molar-refractivity contribution in [3.63, 3.8) is 0 Å². The van der Waals surface area contributed by atoms with E-state index in [0.717, 1.165) is 10.1 Å². The fourth-order valence-electron chi connectivity index (χ4n) is 5.40. The number of anilines is 1. The Labute approximate surface area is 311 Å². The first-order valence-electron chi connectivity index (χ1n) is 17.2. The number of carbonyl (C=O) groups excluding carboxylic acids is 3. The second-order valence-corrected chi connectivity index (χ2v) is 14.7. The molecule has 0 spiro atoms. The third-order valence-electron chi connectivity index (χ3n) is 7.83. The van der Waals surface area contributed by atoms with Crippen LogP contribution in [0.15, 0.2) is 83.2 Å². The smallest absolute Gasteiger partial charge is 0.463 e. The molecule has 2 unspecified atom stereocenters. The summed E-state index contributed by atoms with van der Waals surface area (Å²) in [6.45, 7) is 9.23. The van der Waals surface area contributed by atoms with Gasteiger partial charge in [0.15, 0.2) is 11.6 Å². The number of hydrogen-bond donors (Lipinski definition) is 2. The molecule has 0 radical (unpaired) electrons. The normalized spacial score (nSPS) is 19.3. The summed E-state index contributed by atoms with van der Waals surface area (Å²) >= 11 is 0. The van der Waals surface area contributed by atoms with Gasteiger partial charge in [0.25, 0.3) is 0 Å². The van der Waals surface area contributed by atoms with E-state index in [0.29, 0.717) is 5.56 Å². The molecule has 1 fully saturated rings. The van der Waals surface area contributed by atoms with E-state index in [1.54, 1.807) is 45.9 Å². The summed E-state index contributed by atoms with van der Waals surface area (Å²) in [4.78, 5) is 60.2. The predicted molar refractivity (Wildman–Crippen MR) is 190 cm³/mol. The van der Waals surface area contributed by atoms with Gasteiger partial charge in [-0.2, -0.15) is 10.1 Å². The van der Waals surface area contributed by atoms with Crippen LogP contribution in [0.5, 0.6) is 5.75 Å². The third-order valence-corrected chi connectivity index (χ3v) is 9.44. The average Bonchev–Trinajstić information content (AvgIpc) is 3.55. The molecule has 1 saturated heterocycles. The van der Waals surface area contributed by atoms with E-state index < -0.39 is 62.1 Å². The van der Waals surface area contributed by atoms with Gasteiger partial charge in [-0.05, 0) is 71.2 Å². The number of ether oxygens (including phenoxy) is 5. The molecular formula is C36H43N4O13P. The molecule has 0 saturated carbocycles. The van der Waals surface area contributed by atoms with Crippen molar-refractivity contribution in [3.05, 3.63) is 100.0 Å².